The van der Waals surface area contributed by atoms with Gasteiger partial charge in [0.15, 0.2) is 0 Å². The van der Waals surface area contributed by atoms with Crippen LogP contribution in [0.5, 0.6) is 0 Å². The van der Waals surface area contributed by atoms with Crippen LogP contribution in [-0.2, 0) is 9.59 Å². The summed E-state index contributed by atoms with van der Waals surface area (Å²) in [6.45, 7) is 11.3. The van der Waals surface area contributed by atoms with E-state index < -0.39 is 5.41 Å². The minimum absolute atomic E-state index is 0.129. The van der Waals surface area contributed by atoms with E-state index in [0.717, 1.165) is 57.5 Å². The Balaban J connectivity index is 1.70. The minimum Gasteiger partial charge on any atom is -0.347 e. The van der Waals surface area contributed by atoms with Crippen LogP contribution in [0.3, 0.4) is 0 Å². The topological polar surface area (TPSA) is 47.1 Å². The number of likely N-dealkylation sites (tertiary alicyclic amines) is 2. The molecule has 0 aromatic heterocycles. The fourth-order valence-corrected chi connectivity index (χ4v) is 6.31. The molecule has 0 aliphatic carbocycles. The standard InChI is InChI=1S/C29H46Cl2N4O2/c1-28(2,3)26(36)33(6)21-23(22-10-11-24(30)25(31)20-22)12-17-34-18-13-29(14-19-34,27(37)32(4)5)35-15-8-7-9-16-35/h10-11,20,23H,7-9,12-19,21H2,1-6H3. The van der Waals surface area contributed by atoms with Gasteiger partial charge in [0, 0.05) is 52.1 Å². The number of halogens is 2. The lowest BCUT2D eigenvalue weighted by atomic mass is 9.82. The summed E-state index contributed by atoms with van der Waals surface area (Å²) in [6.07, 6.45) is 6.25. The number of rotatable bonds is 8. The highest BCUT2D eigenvalue weighted by Crippen LogP contribution is 2.34. The van der Waals surface area contributed by atoms with Crippen molar-refractivity contribution in [3.63, 3.8) is 0 Å². The van der Waals surface area contributed by atoms with Crippen molar-refractivity contribution in [3.8, 4) is 0 Å². The van der Waals surface area contributed by atoms with Gasteiger partial charge in [-0.15, -0.1) is 0 Å². The third-order valence-corrected chi connectivity index (χ3v) is 8.88. The van der Waals surface area contributed by atoms with Crippen molar-refractivity contribution in [2.24, 2.45) is 5.41 Å². The van der Waals surface area contributed by atoms with Crippen molar-refractivity contribution in [2.45, 2.75) is 70.8 Å². The van der Waals surface area contributed by atoms with Crippen LogP contribution in [0, 0.1) is 5.41 Å². The molecule has 3 rings (SSSR count). The van der Waals surface area contributed by atoms with Crippen molar-refractivity contribution < 1.29 is 9.59 Å². The van der Waals surface area contributed by atoms with Crippen LogP contribution in [0.2, 0.25) is 10.0 Å². The van der Waals surface area contributed by atoms with Gasteiger partial charge in [-0.25, -0.2) is 0 Å². The van der Waals surface area contributed by atoms with E-state index in [9.17, 15) is 9.59 Å². The number of likely N-dealkylation sites (N-methyl/N-ethyl adjacent to an activating group) is 2. The van der Waals surface area contributed by atoms with E-state index >= 15 is 0 Å². The van der Waals surface area contributed by atoms with Crippen molar-refractivity contribution in [2.75, 3.05) is 60.4 Å². The Hall–Kier alpha value is -1.34. The Morgan fingerprint density at radius 1 is 0.973 bits per heavy atom. The van der Waals surface area contributed by atoms with Crippen molar-refractivity contribution in [3.05, 3.63) is 33.8 Å². The van der Waals surface area contributed by atoms with Gasteiger partial charge in [0.2, 0.25) is 11.8 Å². The maximum absolute atomic E-state index is 13.4. The van der Waals surface area contributed by atoms with Gasteiger partial charge >= 0.3 is 0 Å². The van der Waals surface area contributed by atoms with Gasteiger partial charge in [-0.1, -0.05) is 56.5 Å². The predicted molar refractivity (Wildman–Crippen MR) is 153 cm³/mol. The SMILES string of the molecule is CN(C)C(=O)C1(N2CCCCC2)CCN(CCC(CN(C)C(=O)C(C)(C)C)c2ccc(Cl)c(Cl)c2)CC1. The molecule has 8 heteroatoms. The van der Waals surface area contributed by atoms with Gasteiger partial charge in [-0.2, -0.15) is 0 Å². The monoisotopic (exact) mass is 552 g/mol. The fraction of sp³-hybridized carbons (Fsp3) is 0.724. The highest BCUT2D eigenvalue weighted by atomic mass is 35.5. The lowest BCUT2D eigenvalue weighted by molar-refractivity contribution is -0.147. The molecule has 2 aliphatic rings. The molecule has 2 aliphatic heterocycles. The summed E-state index contributed by atoms with van der Waals surface area (Å²) in [5, 5.41) is 1.08. The summed E-state index contributed by atoms with van der Waals surface area (Å²) in [4.78, 5) is 34.9. The van der Waals surface area contributed by atoms with Crippen LogP contribution in [-0.4, -0.2) is 97.4 Å². The number of amides is 2. The number of hydrogen-bond acceptors (Lipinski definition) is 4. The Morgan fingerprint density at radius 3 is 2.14 bits per heavy atom. The normalized spacial score (nSPS) is 19.9. The molecule has 2 amide bonds. The maximum atomic E-state index is 13.4. The third-order valence-electron chi connectivity index (χ3n) is 8.14. The van der Waals surface area contributed by atoms with E-state index in [1.54, 1.807) is 4.90 Å². The van der Waals surface area contributed by atoms with E-state index in [0.29, 0.717) is 16.6 Å². The van der Waals surface area contributed by atoms with Crippen LogP contribution in [0.25, 0.3) is 0 Å². The van der Waals surface area contributed by atoms with Crippen LogP contribution < -0.4 is 0 Å². The first kappa shape index (κ1) is 30.2. The smallest absolute Gasteiger partial charge is 0.242 e. The molecule has 1 aromatic rings. The molecule has 0 bridgehead atoms. The number of piperidine rings is 2. The maximum Gasteiger partial charge on any atom is 0.242 e. The van der Waals surface area contributed by atoms with Gasteiger partial charge in [-0.05, 0) is 69.4 Å². The number of carbonyl (C=O) groups is 2. The predicted octanol–water partition coefficient (Wildman–Crippen LogP) is 5.38. The fourth-order valence-electron chi connectivity index (χ4n) is 6.00. The zero-order valence-electron chi connectivity index (χ0n) is 23.7. The molecule has 0 radical (unpaired) electrons. The molecule has 6 nitrogen and oxygen atoms in total. The van der Waals surface area contributed by atoms with Crippen LogP contribution >= 0.6 is 23.2 Å². The lowest BCUT2D eigenvalue weighted by Crippen LogP contribution is -2.64. The minimum atomic E-state index is -0.430. The van der Waals surface area contributed by atoms with Crippen molar-refractivity contribution in [1.82, 2.24) is 19.6 Å². The van der Waals surface area contributed by atoms with Crippen molar-refractivity contribution >= 4 is 35.0 Å². The molecule has 2 heterocycles. The summed E-state index contributed by atoms with van der Waals surface area (Å²) >= 11 is 12.6. The largest absolute Gasteiger partial charge is 0.347 e. The van der Waals surface area contributed by atoms with Gasteiger partial charge in [0.25, 0.3) is 0 Å². The molecule has 0 spiro atoms. The number of benzene rings is 1. The molecule has 0 saturated carbocycles. The van der Waals surface area contributed by atoms with E-state index in [2.05, 4.69) is 9.80 Å². The van der Waals surface area contributed by atoms with Crippen LogP contribution in [0.15, 0.2) is 18.2 Å². The Morgan fingerprint density at radius 2 is 1.59 bits per heavy atom. The highest BCUT2D eigenvalue weighted by molar-refractivity contribution is 6.42. The van der Waals surface area contributed by atoms with E-state index in [1.807, 2.05) is 65.0 Å². The molecule has 1 aromatic carbocycles. The van der Waals surface area contributed by atoms with Crippen molar-refractivity contribution in [1.29, 1.82) is 0 Å². The summed E-state index contributed by atoms with van der Waals surface area (Å²) in [7, 11) is 5.66. The third kappa shape index (κ3) is 7.40. The van der Waals surface area contributed by atoms with Crippen LogP contribution in [0.4, 0.5) is 0 Å². The molecular formula is C29H46Cl2N4O2. The van der Waals surface area contributed by atoms with E-state index in [4.69, 9.17) is 23.2 Å². The van der Waals surface area contributed by atoms with Gasteiger partial charge in [-0.3, -0.25) is 14.5 Å². The first-order valence-electron chi connectivity index (χ1n) is 13.7. The number of nitrogens with zero attached hydrogens (tertiary/aromatic N) is 4. The number of hydrogen-bond donors (Lipinski definition) is 0. The molecule has 2 fully saturated rings. The molecule has 1 unspecified atom stereocenters. The van der Waals surface area contributed by atoms with E-state index in [-0.39, 0.29) is 23.3 Å². The van der Waals surface area contributed by atoms with Crippen LogP contribution in [0.1, 0.15) is 70.8 Å². The average Bonchev–Trinajstić information content (AvgIpc) is 2.87. The van der Waals surface area contributed by atoms with E-state index in [1.165, 1.54) is 19.3 Å². The Kier molecular flexibility index (Phi) is 10.3. The highest BCUT2D eigenvalue weighted by Gasteiger charge is 2.47. The van der Waals surface area contributed by atoms with Gasteiger partial charge in [0.05, 0.1) is 10.0 Å². The summed E-state index contributed by atoms with van der Waals surface area (Å²) in [5.74, 6) is 0.525. The zero-order valence-corrected chi connectivity index (χ0v) is 25.2. The first-order valence-corrected chi connectivity index (χ1v) is 14.5. The molecule has 0 N–H and O–H groups in total. The molecule has 208 valence electrons. The molecule has 2 saturated heterocycles. The summed E-state index contributed by atoms with van der Waals surface area (Å²) in [6, 6.07) is 5.82. The van der Waals surface area contributed by atoms with Gasteiger partial charge < -0.3 is 14.7 Å². The summed E-state index contributed by atoms with van der Waals surface area (Å²) < 4.78 is 0. The Labute approximate surface area is 234 Å². The molecule has 1 atom stereocenters. The molecule has 37 heavy (non-hydrogen) atoms. The van der Waals surface area contributed by atoms with Gasteiger partial charge in [0.1, 0.15) is 5.54 Å². The second-order valence-corrected chi connectivity index (χ2v) is 13.0. The lowest BCUT2D eigenvalue weighted by Gasteiger charge is -2.50. The second-order valence-electron chi connectivity index (χ2n) is 12.2. The average molecular weight is 554 g/mol. The molecular weight excluding hydrogens is 507 g/mol. The first-order chi connectivity index (χ1) is 17.3. The Bertz CT molecular complexity index is 932. The second kappa shape index (κ2) is 12.7. The number of carbonyl (C=O) groups excluding carboxylic acids is 2. The zero-order chi connectivity index (χ0) is 27.4. The quantitative estimate of drug-likeness (QED) is 0.434. The summed E-state index contributed by atoms with van der Waals surface area (Å²) in [5.41, 5.74) is 0.300.